The number of rotatable bonds is 1. The summed E-state index contributed by atoms with van der Waals surface area (Å²) >= 11 is 3.33. The number of halogens is 4. The number of nitrogens with two attached hydrogens (primary N) is 1. The highest BCUT2D eigenvalue weighted by Gasteiger charge is 2.41. The summed E-state index contributed by atoms with van der Waals surface area (Å²) < 4.78 is 38.4. The van der Waals surface area contributed by atoms with Gasteiger partial charge in [0.2, 0.25) is 0 Å². The molecule has 0 aromatic carbocycles. The monoisotopic (exact) mass is 323 g/mol. The number of nitrogen functional groups attached to an aromatic ring is 1. The number of piperidine rings is 1. The molecule has 1 aromatic heterocycles. The summed E-state index contributed by atoms with van der Waals surface area (Å²) in [6.45, 7) is 0.716. The summed E-state index contributed by atoms with van der Waals surface area (Å²) in [7, 11) is 0. The van der Waals surface area contributed by atoms with Gasteiger partial charge in [0.05, 0.1) is 28.0 Å². The van der Waals surface area contributed by atoms with E-state index >= 15 is 0 Å². The molecule has 0 atom stereocenters. The molecule has 1 aliphatic rings. The molecule has 2 N–H and O–H groups in total. The van der Waals surface area contributed by atoms with Gasteiger partial charge in [-0.2, -0.15) is 13.2 Å². The van der Waals surface area contributed by atoms with Crippen LogP contribution >= 0.6 is 15.9 Å². The number of nitrogens with zero attached hydrogens (tertiary/aromatic N) is 2. The van der Waals surface area contributed by atoms with Gasteiger partial charge in [0.1, 0.15) is 0 Å². The molecule has 0 amide bonds. The van der Waals surface area contributed by atoms with E-state index in [1.54, 1.807) is 6.20 Å². The Morgan fingerprint density at radius 1 is 1.28 bits per heavy atom. The van der Waals surface area contributed by atoms with E-state index in [0.717, 1.165) is 5.69 Å². The van der Waals surface area contributed by atoms with Gasteiger partial charge < -0.3 is 10.6 Å². The van der Waals surface area contributed by atoms with E-state index < -0.39 is 12.1 Å². The van der Waals surface area contributed by atoms with E-state index in [0.29, 0.717) is 23.2 Å². The van der Waals surface area contributed by atoms with Crippen molar-refractivity contribution < 1.29 is 13.2 Å². The Kier molecular flexibility index (Phi) is 3.70. The SMILES string of the molecule is Nc1cncc(Br)c1N1CCC(C(F)(F)F)CC1. The van der Waals surface area contributed by atoms with Crippen LogP contribution in [0.25, 0.3) is 0 Å². The average molecular weight is 324 g/mol. The second-order valence-electron chi connectivity index (χ2n) is 4.36. The van der Waals surface area contributed by atoms with Crippen LogP contribution in [0, 0.1) is 5.92 Å². The average Bonchev–Trinajstić information content (AvgIpc) is 2.28. The first-order valence-electron chi connectivity index (χ1n) is 5.60. The number of alkyl halides is 3. The Bertz CT molecular complexity index is 408. The lowest BCUT2D eigenvalue weighted by atomic mass is 9.96. The van der Waals surface area contributed by atoms with Crippen molar-refractivity contribution in [2.24, 2.45) is 5.92 Å². The van der Waals surface area contributed by atoms with E-state index in [2.05, 4.69) is 20.9 Å². The number of aromatic nitrogens is 1. The zero-order chi connectivity index (χ0) is 13.3. The summed E-state index contributed by atoms with van der Waals surface area (Å²) in [4.78, 5) is 5.79. The highest BCUT2D eigenvalue weighted by molar-refractivity contribution is 9.10. The minimum atomic E-state index is -4.09. The van der Waals surface area contributed by atoms with Gasteiger partial charge in [0.25, 0.3) is 0 Å². The largest absolute Gasteiger partial charge is 0.396 e. The lowest BCUT2D eigenvalue weighted by Gasteiger charge is -2.35. The van der Waals surface area contributed by atoms with Crippen LogP contribution in [-0.2, 0) is 0 Å². The second kappa shape index (κ2) is 4.95. The maximum Gasteiger partial charge on any atom is 0.391 e. The Labute approximate surface area is 111 Å². The fourth-order valence-corrected chi connectivity index (χ4v) is 2.81. The minimum Gasteiger partial charge on any atom is -0.396 e. The van der Waals surface area contributed by atoms with Gasteiger partial charge in [-0.3, -0.25) is 4.98 Å². The molecule has 0 bridgehead atoms. The minimum absolute atomic E-state index is 0.109. The summed E-state index contributed by atoms with van der Waals surface area (Å²) in [6.07, 6.45) is -0.764. The molecular formula is C11H13BrF3N3. The topological polar surface area (TPSA) is 42.1 Å². The van der Waals surface area contributed by atoms with Crippen LogP contribution in [-0.4, -0.2) is 24.2 Å². The predicted octanol–water partition coefficient (Wildman–Crippen LogP) is 3.21. The van der Waals surface area contributed by atoms with Crippen LogP contribution in [0.4, 0.5) is 24.5 Å². The maximum atomic E-state index is 12.6. The quantitative estimate of drug-likeness (QED) is 0.863. The zero-order valence-electron chi connectivity index (χ0n) is 9.54. The first-order valence-corrected chi connectivity index (χ1v) is 6.39. The van der Waals surface area contributed by atoms with E-state index in [-0.39, 0.29) is 12.8 Å². The Hall–Kier alpha value is -0.980. The molecule has 0 saturated carbocycles. The maximum absolute atomic E-state index is 12.6. The second-order valence-corrected chi connectivity index (χ2v) is 5.22. The van der Waals surface area contributed by atoms with Gasteiger partial charge in [-0.05, 0) is 28.8 Å². The van der Waals surface area contributed by atoms with Crippen molar-refractivity contribution in [2.75, 3.05) is 23.7 Å². The molecule has 3 nitrogen and oxygen atoms in total. The molecule has 1 saturated heterocycles. The highest BCUT2D eigenvalue weighted by Crippen LogP contribution is 2.38. The molecule has 7 heteroatoms. The lowest BCUT2D eigenvalue weighted by Crippen LogP contribution is -2.39. The first kappa shape index (κ1) is 13.5. The van der Waals surface area contributed by atoms with Crippen molar-refractivity contribution >= 4 is 27.3 Å². The normalized spacial score (nSPS) is 18.1. The van der Waals surface area contributed by atoms with Crippen molar-refractivity contribution in [2.45, 2.75) is 19.0 Å². The molecule has 2 rings (SSSR count). The molecule has 0 radical (unpaired) electrons. The van der Waals surface area contributed by atoms with Crippen molar-refractivity contribution in [1.29, 1.82) is 0 Å². The number of anilines is 2. The van der Waals surface area contributed by atoms with Gasteiger partial charge in [-0.1, -0.05) is 0 Å². The van der Waals surface area contributed by atoms with Crippen LogP contribution in [0.15, 0.2) is 16.9 Å². The van der Waals surface area contributed by atoms with E-state index in [4.69, 9.17) is 5.73 Å². The third kappa shape index (κ3) is 2.71. The molecule has 0 unspecified atom stereocenters. The van der Waals surface area contributed by atoms with Crippen molar-refractivity contribution in [3.63, 3.8) is 0 Å². The van der Waals surface area contributed by atoms with Crippen LogP contribution < -0.4 is 10.6 Å². The van der Waals surface area contributed by atoms with Gasteiger partial charge in [0.15, 0.2) is 0 Å². The molecular weight excluding hydrogens is 311 g/mol. The van der Waals surface area contributed by atoms with E-state index in [1.807, 2.05) is 4.90 Å². The van der Waals surface area contributed by atoms with Crippen molar-refractivity contribution in [3.8, 4) is 0 Å². The van der Waals surface area contributed by atoms with E-state index in [9.17, 15) is 13.2 Å². The van der Waals surface area contributed by atoms with Crippen molar-refractivity contribution in [1.82, 2.24) is 4.98 Å². The predicted molar refractivity (Wildman–Crippen MR) is 67.3 cm³/mol. The first-order chi connectivity index (χ1) is 8.39. The summed E-state index contributed by atoms with van der Waals surface area (Å²) in [5, 5.41) is 0. The smallest absolute Gasteiger partial charge is 0.391 e. The molecule has 2 heterocycles. The number of pyridine rings is 1. The van der Waals surface area contributed by atoms with Crippen LogP contribution in [0.1, 0.15) is 12.8 Å². The van der Waals surface area contributed by atoms with Gasteiger partial charge >= 0.3 is 6.18 Å². The molecule has 0 spiro atoms. The van der Waals surface area contributed by atoms with Gasteiger partial charge in [-0.25, -0.2) is 0 Å². The fourth-order valence-electron chi connectivity index (χ4n) is 2.21. The summed E-state index contributed by atoms with van der Waals surface area (Å²) in [6, 6.07) is 0. The molecule has 1 aliphatic heterocycles. The van der Waals surface area contributed by atoms with Crippen LogP contribution in [0.5, 0.6) is 0 Å². The third-order valence-corrected chi connectivity index (χ3v) is 3.76. The lowest BCUT2D eigenvalue weighted by molar-refractivity contribution is -0.179. The zero-order valence-corrected chi connectivity index (χ0v) is 11.1. The number of hydrogen-bond donors (Lipinski definition) is 1. The van der Waals surface area contributed by atoms with E-state index in [1.165, 1.54) is 6.20 Å². The Balaban J connectivity index is 2.11. The standard InChI is InChI=1S/C11H13BrF3N3/c12-8-5-17-6-9(16)10(8)18-3-1-7(2-4-18)11(13,14)15/h5-7H,1-4,16H2. The Morgan fingerprint density at radius 3 is 2.39 bits per heavy atom. The Morgan fingerprint density at radius 2 is 1.89 bits per heavy atom. The molecule has 0 aliphatic carbocycles. The number of hydrogen-bond acceptors (Lipinski definition) is 3. The summed E-state index contributed by atoms with van der Waals surface area (Å²) in [5.74, 6) is -1.20. The van der Waals surface area contributed by atoms with Gasteiger partial charge in [-0.15, -0.1) is 0 Å². The molecule has 1 aromatic rings. The third-order valence-electron chi connectivity index (χ3n) is 3.18. The molecule has 1 fully saturated rings. The molecule has 100 valence electrons. The van der Waals surface area contributed by atoms with Gasteiger partial charge in [0, 0.05) is 19.3 Å². The highest BCUT2D eigenvalue weighted by atomic mass is 79.9. The molecule has 18 heavy (non-hydrogen) atoms. The fraction of sp³-hybridized carbons (Fsp3) is 0.545. The van der Waals surface area contributed by atoms with Crippen molar-refractivity contribution in [3.05, 3.63) is 16.9 Å². The van der Waals surface area contributed by atoms with Crippen LogP contribution in [0.2, 0.25) is 0 Å². The van der Waals surface area contributed by atoms with Crippen LogP contribution in [0.3, 0.4) is 0 Å². The summed E-state index contributed by atoms with van der Waals surface area (Å²) in [5.41, 5.74) is 7.04.